The molecule has 2 N–H and O–H groups in total. The standard InChI is InChI=1S/C65H123N2O7P/c1-7-10-13-16-19-22-25-27-28-29-30-31-32-33-34-35-36-37-38-40-42-45-48-51-54-57-64(68)66-62(61-73-75(70,71)72-60-59-67(4,5)6)63(56-53-50-47-44-41-24-21-18-15-12-9-3)74-65(69)58-55-52-49-46-43-39-26-23-20-17-14-11-8-2/h19,22,27-28,39,43,53,56,62-63H,7-18,20-21,23-26,29-38,40-42,44-52,54-55,57-61H2,1-6H3,(H-,66,68,70,71)/p+1/b22-19-,28-27-,43-39-,56-53-. The number of nitrogens with one attached hydrogen (secondary N) is 1. The molecule has 75 heavy (non-hydrogen) atoms. The number of phosphoric acid groups is 1. The van der Waals surface area contributed by atoms with Crippen molar-refractivity contribution >= 4 is 19.7 Å². The maximum Gasteiger partial charge on any atom is 0.472 e. The van der Waals surface area contributed by atoms with E-state index in [1.807, 2.05) is 33.3 Å². The van der Waals surface area contributed by atoms with Crippen molar-refractivity contribution in [2.24, 2.45) is 0 Å². The largest absolute Gasteiger partial charge is 0.472 e. The van der Waals surface area contributed by atoms with Gasteiger partial charge in [0.1, 0.15) is 19.3 Å². The van der Waals surface area contributed by atoms with E-state index in [1.54, 1.807) is 0 Å². The number of allylic oxidation sites excluding steroid dienone is 7. The van der Waals surface area contributed by atoms with Gasteiger partial charge in [-0.15, -0.1) is 0 Å². The summed E-state index contributed by atoms with van der Waals surface area (Å²) in [7, 11) is 1.50. The van der Waals surface area contributed by atoms with Crippen LogP contribution in [0.25, 0.3) is 0 Å². The van der Waals surface area contributed by atoms with Crippen LogP contribution in [-0.2, 0) is 27.9 Å². The summed E-state index contributed by atoms with van der Waals surface area (Å²) in [5, 5.41) is 3.06. The van der Waals surface area contributed by atoms with E-state index in [0.717, 1.165) is 77.0 Å². The van der Waals surface area contributed by atoms with Crippen molar-refractivity contribution in [3.05, 3.63) is 48.6 Å². The first-order chi connectivity index (χ1) is 36.4. The molecular weight excluding hydrogens is 952 g/mol. The highest BCUT2D eigenvalue weighted by Gasteiger charge is 2.30. The molecule has 0 saturated carbocycles. The van der Waals surface area contributed by atoms with Crippen LogP contribution in [0.4, 0.5) is 0 Å². The Balaban J connectivity index is 5.05. The van der Waals surface area contributed by atoms with Crippen LogP contribution in [0, 0.1) is 0 Å². The van der Waals surface area contributed by atoms with Crippen LogP contribution in [0.3, 0.4) is 0 Å². The van der Waals surface area contributed by atoms with E-state index >= 15 is 0 Å². The van der Waals surface area contributed by atoms with Gasteiger partial charge in [0, 0.05) is 12.8 Å². The predicted molar refractivity (Wildman–Crippen MR) is 323 cm³/mol. The third kappa shape index (κ3) is 56.5. The topological polar surface area (TPSA) is 111 Å². The number of hydrogen-bond acceptors (Lipinski definition) is 6. The summed E-state index contributed by atoms with van der Waals surface area (Å²) in [6.07, 6.45) is 68.3. The fourth-order valence-corrected chi connectivity index (χ4v) is 10.00. The summed E-state index contributed by atoms with van der Waals surface area (Å²) in [5.74, 6) is -0.515. The molecule has 0 spiro atoms. The van der Waals surface area contributed by atoms with Crippen molar-refractivity contribution in [3.63, 3.8) is 0 Å². The Hall–Kier alpha value is -2.03. The molecule has 1 amide bonds. The minimum atomic E-state index is -4.45. The monoisotopic (exact) mass is 1080 g/mol. The van der Waals surface area contributed by atoms with Crippen LogP contribution in [0.15, 0.2) is 48.6 Å². The molecule has 0 rings (SSSR count). The van der Waals surface area contributed by atoms with Crippen LogP contribution in [-0.4, -0.2) is 74.3 Å². The van der Waals surface area contributed by atoms with E-state index in [2.05, 4.69) is 62.5 Å². The van der Waals surface area contributed by atoms with Gasteiger partial charge >= 0.3 is 13.8 Å². The Labute approximate surface area is 465 Å². The Morgan fingerprint density at radius 2 is 0.813 bits per heavy atom. The molecule has 0 heterocycles. The van der Waals surface area contributed by atoms with Crippen molar-refractivity contribution < 1.29 is 37.3 Å². The van der Waals surface area contributed by atoms with Gasteiger partial charge in [-0.25, -0.2) is 4.57 Å². The molecule has 0 aromatic rings. The van der Waals surface area contributed by atoms with Gasteiger partial charge in [0.05, 0.1) is 33.8 Å². The number of carbonyl (C=O) groups excluding carboxylic acids is 2. The number of rotatable bonds is 58. The summed E-state index contributed by atoms with van der Waals surface area (Å²) in [6.45, 7) is 6.99. The number of phosphoric ester groups is 1. The third-order valence-electron chi connectivity index (χ3n) is 14.2. The number of quaternary nitrogens is 1. The molecular formula is C65H124N2O7P+. The van der Waals surface area contributed by atoms with E-state index in [-0.39, 0.29) is 31.5 Å². The summed E-state index contributed by atoms with van der Waals surface area (Å²) >= 11 is 0. The minimum absolute atomic E-state index is 0.0390. The maximum atomic E-state index is 13.5. The Morgan fingerprint density at radius 1 is 0.467 bits per heavy atom. The zero-order valence-electron chi connectivity index (χ0n) is 50.3. The lowest BCUT2D eigenvalue weighted by Gasteiger charge is -2.27. The minimum Gasteiger partial charge on any atom is -0.456 e. The summed E-state index contributed by atoms with van der Waals surface area (Å²) in [4.78, 5) is 37.6. The number of esters is 1. The van der Waals surface area contributed by atoms with Crippen LogP contribution in [0.2, 0.25) is 0 Å². The van der Waals surface area contributed by atoms with Crippen molar-refractivity contribution in [1.82, 2.24) is 5.32 Å². The molecule has 0 aliphatic rings. The number of ether oxygens (including phenoxy) is 1. The molecule has 0 saturated heterocycles. The number of amides is 1. The third-order valence-corrected chi connectivity index (χ3v) is 15.2. The van der Waals surface area contributed by atoms with Gasteiger partial charge in [-0.05, 0) is 89.5 Å². The van der Waals surface area contributed by atoms with Gasteiger partial charge < -0.3 is 19.4 Å². The number of nitrogens with zero attached hydrogens (tertiary/aromatic N) is 1. The Morgan fingerprint density at radius 3 is 1.25 bits per heavy atom. The van der Waals surface area contributed by atoms with Gasteiger partial charge in [0.2, 0.25) is 5.91 Å². The highest BCUT2D eigenvalue weighted by molar-refractivity contribution is 7.47. The fraction of sp³-hybridized carbons (Fsp3) is 0.846. The molecule has 9 nitrogen and oxygen atoms in total. The molecule has 0 bridgehead atoms. The van der Waals surface area contributed by atoms with Crippen LogP contribution in [0.1, 0.15) is 303 Å². The molecule has 10 heteroatoms. The highest BCUT2D eigenvalue weighted by Crippen LogP contribution is 2.43. The van der Waals surface area contributed by atoms with E-state index in [0.29, 0.717) is 17.4 Å². The number of carbonyl (C=O) groups is 2. The molecule has 0 radical (unpaired) electrons. The molecule has 440 valence electrons. The van der Waals surface area contributed by atoms with Gasteiger partial charge in [0.25, 0.3) is 0 Å². The molecule has 0 aliphatic carbocycles. The van der Waals surface area contributed by atoms with Gasteiger partial charge in [0.15, 0.2) is 0 Å². The lowest BCUT2D eigenvalue weighted by molar-refractivity contribution is -0.870. The molecule has 0 aromatic heterocycles. The highest BCUT2D eigenvalue weighted by atomic mass is 31.2. The van der Waals surface area contributed by atoms with Gasteiger partial charge in [-0.2, -0.15) is 0 Å². The summed E-state index contributed by atoms with van der Waals surface area (Å²) in [5.41, 5.74) is 0. The number of likely N-dealkylation sites (N-methyl/N-ethyl adjacent to an activating group) is 1. The Bertz CT molecular complexity index is 1420. The quantitative estimate of drug-likeness (QED) is 0.0205. The SMILES string of the molecule is CCCCC/C=C\C/C=C\CCCCCCCCCCCCCCCCCC(=O)NC(COP(=O)(O)OCC[N+](C)(C)C)C(/C=C\CCCCCCCCCCC)OC(=O)CCCCC/C=C\CCCCCCCC. The normalized spacial score (nSPS) is 14.0. The smallest absolute Gasteiger partial charge is 0.456 e. The first kappa shape index (κ1) is 73.0. The fourth-order valence-electron chi connectivity index (χ4n) is 9.26. The lowest BCUT2D eigenvalue weighted by Crippen LogP contribution is -2.47. The summed E-state index contributed by atoms with van der Waals surface area (Å²) in [6, 6.07) is -0.852. The van der Waals surface area contributed by atoms with Crippen molar-refractivity contribution in [1.29, 1.82) is 0 Å². The zero-order valence-corrected chi connectivity index (χ0v) is 51.2. The first-order valence-corrected chi connectivity index (χ1v) is 33.5. The molecule has 3 unspecified atom stereocenters. The average Bonchev–Trinajstić information content (AvgIpc) is 3.37. The first-order valence-electron chi connectivity index (χ1n) is 32.0. The van der Waals surface area contributed by atoms with Gasteiger partial charge in [-0.1, -0.05) is 250 Å². The lowest BCUT2D eigenvalue weighted by atomic mass is 10.0. The summed E-state index contributed by atoms with van der Waals surface area (Å²) < 4.78 is 30.7. The van der Waals surface area contributed by atoms with E-state index in [9.17, 15) is 19.0 Å². The molecule has 3 atom stereocenters. The second kappa shape index (κ2) is 55.3. The van der Waals surface area contributed by atoms with E-state index in [4.69, 9.17) is 13.8 Å². The van der Waals surface area contributed by atoms with Crippen LogP contribution >= 0.6 is 7.82 Å². The van der Waals surface area contributed by atoms with Crippen molar-refractivity contribution in [2.45, 2.75) is 315 Å². The van der Waals surface area contributed by atoms with E-state index < -0.39 is 20.0 Å². The van der Waals surface area contributed by atoms with Gasteiger partial charge in [-0.3, -0.25) is 18.6 Å². The second-order valence-electron chi connectivity index (χ2n) is 22.9. The average molecular weight is 1080 g/mol. The predicted octanol–water partition coefficient (Wildman–Crippen LogP) is 19.7. The zero-order chi connectivity index (χ0) is 55.0. The van der Waals surface area contributed by atoms with Crippen LogP contribution in [0.5, 0.6) is 0 Å². The van der Waals surface area contributed by atoms with E-state index in [1.165, 1.54) is 193 Å². The van der Waals surface area contributed by atoms with Crippen molar-refractivity contribution in [2.75, 3.05) is 40.9 Å². The molecule has 0 fully saturated rings. The Kier molecular flexibility index (Phi) is 53.8. The van der Waals surface area contributed by atoms with Crippen molar-refractivity contribution in [3.8, 4) is 0 Å². The molecule has 0 aromatic carbocycles. The van der Waals surface area contributed by atoms with Crippen LogP contribution < -0.4 is 5.32 Å². The maximum absolute atomic E-state index is 13.5. The molecule has 0 aliphatic heterocycles. The second-order valence-corrected chi connectivity index (χ2v) is 24.4. The number of unbranched alkanes of at least 4 members (excludes halogenated alkanes) is 36. The number of hydrogen-bond donors (Lipinski definition) is 2.